The minimum absolute atomic E-state index is 0.137. The first-order valence-electron chi connectivity index (χ1n) is 6.94. The van der Waals surface area contributed by atoms with Crippen molar-refractivity contribution in [3.63, 3.8) is 0 Å². The van der Waals surface area contributed by atoms with Crippen LogP contribution in [0.5, 0.6) is 0 Å². The number of aromatic nitrogens is 1. The number of thiol groups is 1. The molecule has 7 nitrogen and oxygen atoms in total. The van der Waals surface area contributed by atoms with Crippen molar-refractivity contribution < 1.29 is 31.9 Å². The van der Waals surface area contributed by atoms with Crippen LogP contribution in [0, 0.1) is 23.5 Å². The fourth-order valence-corrected chi connectivity index (χ4v) is 2.62. The summed E-state index contributed by atoms with van der Waals surface area (Å²) in [4.78, 5) is 35.4. The number of rotatable bonds is 9. The van der Waals surface area contributed by atoms with E-state index < -0.39 is 52.8 Å². The Bertz CT molecular complexity index is 682. The van der Waals surface area contributed by atoms with E-state index in [1.807, 2.05) is 0 Å². The van der Waals surface area contributed by atoms with Crippen LogP contribution in [0.25, 0.3) is 0 Å². The molecule has 1 rings (SSSR count). The van der Waals surface area contributed by atoms with Crippen LogP contribution in [0.3, 0.4) is 0 Å². The van der Waals surface area contributed by atoms with Gasteiger partial charge in [-0.3, -0.25) is 14.4 Å². The van der Waals surface area contributed by atoms with E-state index in [4.69, 9.17) is 0 Å². The second-order valence-electron chi connectivity index (χ2n) is 4.80. The molecule has 13 heteroatoms. The highest BCUT2D eigenvalue weighted by atomic mass is 32.2. The molecule has 0 aliphatic carbocycles. The lowest BCUT2D eigenvalue weighted by Crippen LogP contribution is -2.46. The molecule has 1 aromatic heterocycles. The number of Topliss-reactive ketones (excluding diaryl/α,β-unsaturated/α-hetero) is 1. The Kier molecular flexibility index (Phi) is 8.81. The molecule has 0 bridgehead atoms. The molecule has 1 aromatic rings. The van der Waals surface area contributed by atoms with Crippen molar-refractivity contribution in [3.8, 4) is 0 Å². The molecule has 0 fully saturated rings. The third-order valence-corrected chi connectivity index (χ3v) is 4.05. The number of pyridine rings is 1. The first-order valence-corrected chi connectivity index (χ1v) is 8.39. The molecule has 3 N–H and O–H groups in total. The van der Waals surface area contributed by atoms with Crippen molar-refractivity contribution in [1.29, 1.82) is 0 Å². The minimum Gasteiger partial charge on any atom is -0.348 e. The van der Waals surface area contributed by atoms with Gasteiger partial charge in [-0.15, -0.1) is 0 Å². The van der Waals surface area contributed by atoms with Crippen LogP contribution in [0.15, 0.2) is 4.90 Å². The summed E-state index contributed by atoms with van der Waals surface area (Å²) >= 11 is 4.01. The number of hydrogen-bond acceptors (Lipinski definition) is 7. The maximum absolute atomic E-state index is 13.5. The van der Waals surface area contributed by atoms with Crippen LogP contribution in [-0.2, 0) is 14.4 Å². The van der Waals surface area contributed by atoms with Crippen LogP contribution in [0.2, 0.25) is 0 Å². The van der Waals surface area contributed by atoms with Gasteiger partial charge in [-0.05, 0) is 18.9 Å². The number of amides is 2. The Morgan fingerprint density at radius 3 is 2.15 bits per heavy atom. The topological polar surface area (TPSA) is 100 Å². The molecule has 1 atom stereocenters. The molecule has 0 saturated heterocycles. The van der Waals surface area contributed by atoms with Gasteiger partial charge in [0.05, 0.1) is 13.1 Å². The molecular weight excluding hydrogens is 400 g/mol. The van der Waals surface area contributed by atoms with E-state index in [-0.39, 0.29) is 30.0 Å². The van der Waals surface area contributed by atoms with Gasteiger partial charge in [0.15, 0.2) is 11.6 Å². The summed E-state index contributed by atoms with van der Waals surface area (Å²) in [7, 11) is 0. The molecule has 0 unspecified atom stereocenters. The monoisotopic (exact) mass is 414 g/mol. The molecule has 0 saturated carbocycles. The van der Waals surface area contributed by atoms with Gasteiger partial charge >= 0.3 is 0 Å². The second kappa shape index (κ2) is 10.3. The Hall–Kier alpha value is -1.86. The van der Waals surface area contributed by atoms with Crippen LogP contribution in [-0.4, -0.2) is 47.5 Å². The van der Waals surface area contributed by atoms with E-state index in [2.05, 4.69) is 33.0 Å². The Balaban J connectivity index is 2.64. The zero-order valence-corrected chi connectivity index (χ0v) is 14.9. The molecule has 26 heavy (non-hydrogen) atoms. The molecule has 0 aliphatic rings. The van der Waals surface area contributed by atoms with E-state index in [9.17, 15) is 31.9 Å². The average Bonchev–Trinajstić information content (AvgIpc) is 2.59. The number of hydrogen-bond donors (Lipinski definition) is 4. The van der Waals surface area contributed by atoms with Gasteiger partial charge in [0, 0.05) is 5.75 Å². The number of ketones is 1. The maximum Gasteiger partial charge on any atom is 0.252 e. The molecule has 144 valence electrons. The van der Waals surface area contributed by atoms with Gasteiger partial charge < -0.3 is 10.6 Å². The van der Waals surface area contributed by atoms with Crippen LogP contribution in [0.4, 0.5) is 17.6 Å². The van der Waals surface area contributed by atoms with Crippen molar-refractivity contribution in [1.82, 2.24) is 20.3 Å². The lowest BCUT2D eigenvalue weighted by atomic mass is 10.3. The molecule has 0 aromatic carbocycles. The summed E-state index contributed by atoms with van der Waals surface area (Å²) in [6.45, 7) is 0.612. The first-order chi connectivity index (χ1) is 12.2. The minimum atomic E-state index is -1.83. The summed E-state index contributed by atoms with van der Waals surface area (Å²) in [6.07, 6.45) is 0. The van der Waals surface area contributed by atoms with Crippen molar-refractivity contribution in [2.24, 2.45) is 0 Å². The van der Waals surface area contributed by atoms with Crippen molar-refractivity contribution >= 4 is 42.2 Å². The highest BCUT2D eigenvalue weighted by Gasteiger charge is 2.24. The Labute approximate surface area is 155 Å². The van der Waals surface area contributed by atoms with E-state index in [0.717, 1.165) is 0 Å². The van der Waals surface area contributed by atoms with Gasteiger partial charge in [-0.2, -0.15) is 26.4 Å². The van der Waals surface area contributed by atoms with Crippen molar-refractivity contribution in [2.45, 2.75) is 17.9 Å². The highest BCUT2D eigenvalue weighted by molar-refractivity contribution is 7.97. The van der Waals surface area contributed by atoms with E-state index >= 15 is 0 Å². The van der Waals surface area contributed by atoms with Crippen molar-refractivity contribution in [2.75, 3.05) is 18.8 Å². The normalized spacial score (nSPS) is 11.8. The number of carbonyl (C=O) groups excluding carboxylic acids is 3. The molecule has 0 radical (unpaired) electrons. The number of carbonyl (C=O) groups is 3. The average molecular weight is 414 g/mol. The predicted molar refractivity (Wildman–Crippen MR) is 87.4 cm³/mol. The largest absolute Gasteiger partial charge is 0.348 e. The third-order valence-electron chi connectivity index (χ3n) is 2.72. The van der Waals surface area contributed by atoms with Crippen molar-refractivity contribution in [3.05, 3.63) is 23.5 Å². The predicted octanol–water partition coefficient (Wildman–Crippen LogP) is 0.355. The summed E-state index contributed by atoms with van der Waals surface area (Å²) in [6, 6.07) is -1.15. The summed E-state index contributed by atoms with van der Waals surface area (Å²) < 4.78 is 55.3. The maximum atomic E-state index is 13.5. The highest BCUT2D eigenvalue weighted by Crippen LogP contribution is 2.25. The lowest BCUT2D eigenvalue weighted by molar-refractivity contribution is -0.127. The SMILES string of the molecule is CC(=O)CNC(=O)CNC(=O)[C@H](CS)NSc1c(F)c(F)nc(F)c1F. The number of halogens is 4. The molecule has 0 spiro atoms. The quantitative estimate of drug-likeness (QED) is 0.202. The van der Waals surface area contributed by atoms with Gasteiger partial charge in [-0.25, -0.2) is 13.5 Å². The summed E-state index contributed by atoms with van der Waals surface area (Å²) in [5, 5.41) is 4.45. The smallest absolute Gasteiger partial charge is 0.252 e. The van der Waals surface area contributed by atoms with Gasteiger partial charge in [-0.1, -0.05) is 0 Å². The van der Waals surface area contributed by atoms with E-state index in [0.29, 0.717) is 0 Å². The van der Waals surface area contributed by atoms with Crippen LogP contribution < -0.4 is 15.4 Å². The zero-order valence-electron chi connectivity index (χ0n) is 13.2. The first kappa shape index (κ1) is 22.2. The molecule has 1 heterocycles. The summed E-state index contributed by atoms with van der Waals surface area (Å²) in [5.74, 6) is -8.93. The van der Waals surface area contributed by atoms with Gasteiger partial charge in [0.2, 0.25) is 11.8 Å². The third kappa shape index (κ3) is 6.46. The molecule has 0 aliphatic heterocycles. The fourth-order valence-electron chi connectivity index (χ4n) is 1.44. The second-order valence-corrected chi connectivity index (χ2v) is 6.02. The number of nitrogens with one attached hydrogen (secondary N) is 3. The molecular formula is C13H14F4N4O3S2. The van der Waals surface area contributed by atoms with Crippen LogP contribution in [0.1, 0.15) is 6.92 Å². The standard InChI is InChI=1S/C13H14F4N4O3S2/c1-5(22)2-18-7(23)3-19-13(24)6(4-25)21-26-10-8(14)11(16)20-12(17)9(10)15/h6,21,25H,2-4H2,1H3,(H,18,23)(H,19,24)/t6-/m0/s1. The van der Waals surface area contributed by atoms with Crippen LogP contribution >= 0.6 is 24.6 Å². The lowest BCUT2D eigenvalue weighted by Gasteiger charge is -2.16. The fraction of sp³-hybridized carbons (Fsp3) is 0.385. The van der Waals surface area contributed by atoms with E-state index in [1.165, 1.54) is 6.92 Å². The summed E-state index contributed by atoms with van der Waals surface area (Å²) in [5.41, 5.74) is 0. The molecule has 2 amide bonds. The number of nitrogens with zero attached hydrogens (tertiary/aromatic N) is 1. The zero-order chi connectivity index (χ0) is 19.9. The van der Waals surface area contributed by atoms with Gasteiger partial charge in [0.25, 0.3) is 11.9 Å². The Morgan fingerprint density at radius 2 is 1.65 bits per heavy atom. The van der Waals surface area contributed by atoms with E-state index in [1.54, 1.807) is 0 Å². The van der Waals surface area contributed by atoms with Gasteiger partial charge in [0.1, 0.15) is 16.7 Å². The Morgan fingerprint density at radius 1 is 1.08 bits per heavy atom.